The molecule has 25 heavy (non-hydrogen) atoms. The number of fused-ring (bicyclic) bond motifs is 3. The van der Waals surface area contributed by atoms with Gasteiger partial charge in [-0.05, 0) is 73.6 Å². The zero-order valence-corrected chi connectivity index (χ0v) is 14.5. The predicted molar refractivity (Wildman–Crippen MR) is 94.1 cm³/mol. The molecule has 2 bridgehead atoms. The van der Waals surface area contributed by atoms with Gasteiger partial charge in [0.1, 0.15) is 0 Å². The van der Waals surface area contributed by atoms with Crippen molar-refractivity contribution in [3.8, 4) is 0 Å². The highest BCUT2D eigenvalue weighted by molar-refractivity contribution is 5.96. The summed E-state index contributed by atoms with van der Waals surface area (Å²) in [5.41, 5.74) is 3.21. The number of aliphatic hydroxyl groups excluding tert-OH is 1. The monoisotopic (exact) mass is 342 g/mol. The van der Waals surface area contributed by atoms with Gasteiger partial charge in [0.2, 0.25) is 5.91 Å². The van der Waals surface area contributed by atoms with Crippen molar-refractivity contribution in [2.24, 2.45) is 17.8 Å². The van der Waals surface area contributed by atoms with E-state index in [1.54, 1.807) is 0 Å². The molecule has 2 amide bonds. The highest BCUT2D eigenvalue weighted by atomic mass is 16.3. The van der Waals surface area contributed by atoms with E-state index in [9.17, 15) is 14.7 Å². The van der Waals surface area contributed by atoms with Gasteiger partial charge in [-0.25, -0.2) is 0 Å². The van der Waals surface area contributed by atoms with Crippen molar-refractivity contribution >= 4 is 11.8 Å². The van der Waals surface area contributed by atoms with Gasteiger partial charge >= 0.3 is 0 Å². The van der Waals surface area contributed by atoms with E-state index in [4.69, 9.17) is 0 Å². The number of aryl methyl sites for hydroxylation is 2. The van der Waals surface area contributed by atoms with Crippen LogP contribution in [-0.4, -0.2) is 36.1 Å². The minimum atomic E-state index is -0.198. The third-order valence-electron chi connectivity index (χ3n) is 6.40. The van der Waals surface area contributed by atoms with Crippen molar-refractivity contribution in [2.45, 2.75) is 44.6 Å². The first kappa shape index (κ1) is 16.6. The molecule has 4 rings (SSSR count). The molecule has 1 aromatic carbocycles. The van der Waals surface area contributed by atoms with Gasteiger partial charge in [-0.15, -0.1) is 0 Å². The van der Waals surface area contributed by atoms with Gasteiger partial charge in [0.05, 0.1) is 6.54 Å². The Morgan fingerprint density at radius 1 is 1.12 bits per heavy atom. The predicted octanol–water partition coefficient (Wildman–Crippen LogP) is 1.43. The first-order valence-electron chi connectivity index (χ1n) is 9.46. The third-order valence-corrected chi connectivity index (χ3v) is 6.40. The SMILES string of the molecule is O=C(CNC(=O)c1ccc2c(c1)CCC2)NC1C2CCC(C2)C1CO. The maximum Gasteiger partial charge on any atom is 0.251 e. The smallest absolute Gasteiger partial charge is 0.251 e. The van der Waals surface area contributed by atoms with Crippen LogP contribution in [0.15, 0.2) is 18.2 Å². The van der Waals surface area contributed by atoms with Crippen molar-refractivity contribution in [3.05, 3.63) is 34.9 Å². The van der Waals surface area contributed by atoms with Gasteiger partial charge in [0, 0.05) is 24.1 Å². The lowest BCUT2D eigenvalue weighted by molar-refractivity contribution is -0.121. The standard InChI is InChI=1S/C20H26N2O3/c23-11-17-14-5-6-15(9-14)19(17)22-18(24)10-21-20(25)16-7-4-12-2-1-3-13(12)8-16/h4,7-8,14-15,17,19,23H,1-3,5-6,9-11H2,(H,21,25)(H,22,24). The number of hydrogen-bond donors (Lipinski definition) is 3. The molecule has 134 valence electrons. The van der Waals surface area contributed by atoms with Gasteiger partial charge in [0.25, 0.3) is 5.91 Å². The number of aliphatic hydroxyl groups is 1. The molecular weight excluding hydrogens is 316 g/mol. The number of carbonyl (C=O) groups excluding carboxylic acids is 2. The van der Waals surface area contributed by atoms with Crippen molar-refractivity contribution in [2.75, 3.05) is 13.2 Å². The fourth-order valence-electron chi connectivity index (χ4n) is 5.11. The minimum absolute atomic E-state index is 0.0120. The van der Waals surface area contributed by atoms with Crippen LogP contribution in [0.2, 0.25) is 0 Å². The van der Waals surface area contributed by atoms with E-state index in [-0.39, 0.29) is 36.9 Å². The van der Waals surface area contributed by atoms with E-state index in [1.807, 2.05) is 18.2 Å². The van der Waals surface area contributed by atoms with E-state index in [2.05, 4.69) is 10.6 Å². The topological polar surface area (TPSA) is 78.4 Å². The van der Waals surface area contributed by atoms with Crippen LogP contribution < -0.4 is 10.6 Å². The second kappa shape index (κ2) is 6.79. The maximum absolute atomic E-state index is 12.3. The second-order valence-electron chi connectivity index (χ2n) is 7.79. The first-order chi connectivity index (χ1) is 12.2. The number of benzene rings is 1. The molecule has 0 heterocycles. The molecule has 3 N–H and O–H groups in total. The van der Waals surface area contributed by atoms with Crippen molar-refractivity contribution in [3.63, 3.8) is 0 Å². The van der Waals surface area contributed by atoms with E-state index in [1.165, 1.54) is 11.1 Å². The Morgan fingerprint density at radius 3 is 2.76 bits per heavy atom. The van der Waals surface area contributed by atoms with Crippen LogP contribution in [0.4, 0.5) is 0 Å². The third kappa shape index (κ3) is 3.17. The molecule has 2 saturated carbocycles. The number of rotatable bonds is 5. The Morgan fingerprint density at radius 2 is 1.92 bits per heavy atom. The normalized spacial score (nSPS) is 29.5. The lowest BCUT2D eigenvalue weighted by Crippen LogP contribution is -2.48. The zero-order chi connectivity index (χ0) is 17.4. The largest absolute Gasteiger partial charge is 0.396 e. The number of amides is 2. The molecule has 0 aliphatic heterocycles. The molecule has 4 unspecified atom stereocenters. The van der Waals surface area contributed by atoms with E-state index in [0.29, 0.717) is 17.4 Å². The number of nitrogens with one attached hydrogen (secondary N) is 2. The second-order valence-corrected chi connectivity index (χ2v) is 7.79. The highest BCUT2D eigenvalue weighted by Crippen LogP contribution is 2.48. The lowest BCUT2D eigenvalue weighted by Gasteiger charge is -2.30. The molecule has 0 aromatic heterocycles. The minimum Gasteiger partial charge on any atom is -0.396 e. The lowest BCUT2D eigenvalue weighted by atomic mass is 9.85. The van der Waals surface area contributed by atoms with E-state index >= 15 is 0 Å². The first-order valence-corrected chi connectivity index (χ1v) is 9.46. The van der Waals surface area contributed by atoms with Crippen molar-refractivity contribution in [1.29, 1.82) is 0 Å². The molecule has 0 spiro atoms. The fraction of sp³-hybridized carbons (Fsp3) is 0.600. The molecule has 3 aliphatic rings. The molecular formula is C20H26N2O3. The summed E-state index contributed by atoms with van der Waals surface area (Å²) in [6, 6.07) is 5.88. The average molecular weight is 342 g/mol. The number of carbonyl (C=O) groups is 2. The van der Waals surface area contributed by atoms with Gasteiger partial charge in [-0.2, -0.15) is 0 Å². The molecule has 5 nitrogen and oxygen atoms in total. The van der Waals surface area contributed by atoms with Crippen LogP contribution in [0.25, 0.3) is 0 Å². The van der Waals surface area contributed by atoms with Crippen molar-refractivity contribution < 1.29 is 14.7 Å². The Labute approximate surface area is 148 Å². The van der Waals surface area contributed by atoms with E-state index in [0.717, 1.165) is 38.5 Å². The molecule has 5 heteroatoms. The fourth-order valence-corrected chi connectivity index (χ4v) is 5.11. The van der Waals surface area contributed by atoms with Gasteiger partial charge < -0.3 is 15.7 Å². The van der Waals surface area contributed by atoms with Crippen LogP contribution >= 0.6 is 0 Å². The molecule has 4 atom stereocenters. The Bertz CT molecular complexity index is 688. The van der Waals surface area contributed by atoms with Crippen LogP contribution in [-0.2, 0) is 17.6 Å². The molecule has 0 saturated heterocycles. The Balaban J connectivity index is 1.31. The van der Waals surface area contributed by atoms with Crippen LogP contribution in [0.1, 0.15) is 47.2 Å². The van der Waals surface area contributed by atoms with Crippen LogP contribution in [0.5, 0.6) is 0 Å². The Kier molecular flexibility index (Phi) is 4.50. The molecule has 3 aliphatic carbocycles. The quantitative estimate of drug-likeness (QED) is 0.757. The average Bonchev–Trinajstić information content (AvgIpc) is 3.34. The molecule has 2 fully saturated rings. The summed E-state index contributed by atoms with van der Waals surface area (Å²) in [7, 11) is 0. The van der Waals surface area contributed by atoms with Crippen molar-refractivity contribution in [1.82, 2.24) is 10.6 Å². The maximum atomic E-state index is 12.3. The van der Waals surface area contributed by atoms with Gasteiger partial charge in [-0.1, -0.05) is 6.07 Å². The summed E-state index contributed by atoms with van der Waals surface area (Å²) in [4.78, 5) is 24.6. The summed E-state index contributed by atoms with van der Waals surface area (Å²) in [5, 5.41) is 15.4. The van der Waals surface area contributed by atoms with Crippen LogP contribution in [0, 0.1) is 17.8 Å². The molecule has 1 aromatic rings. The summed E-state index contributed by atoms with van der Waals surface area (Å²) in [6.07, 6.45) is 6.68. The highest BCUT2D eigenvalue weighted by Gasteiger charge is 2.47. The van der Waals surface area contributed by atoms with E-state index < -0.39 is 0 Å². The molecule has 0 radical (unpaired) electrons. The summed E-state index contributed by atoms with van der Waals surface area (Å²) >= 11 is 0. The van der Waals surface area contributed by atoms with Crippen LogP contribution in [0.3, 0.4) is 0 Å². The summed E-state index contributed by atoms with van der Waals surface area (Å²) < 4.78 is 0. The van der Waals surface area contributed by atoms with Gasteiger partial charge in [0.15, 0.2) is 0 Å². The number of hydrogen-bond acceptors (Lipinski definition) is 3. The zero-order valence-electron chi connectivity index (χ0n) is 14.5. The Hall–Kier alpha value is -1.88. The summed E-state index contributed by atoms with van der Waals surface area (Å²) in [5.74, 6) is 0.844. The summed E-state index contributed by atoms with van der Waals surface area (Å²) in [6.45, 7) is 0.121. The van der Waals surface area contributed by atoms with Gasteiger partial charge in [-0.3, -0.25) is 9.59 Å².